The van der Waals surface area contributed by atoms with Crippen LogP contribution in [-0.4, -0.2) is 38.3 Å². The maximum absolute atomic E-state index is 13.9. The maximum atomic E-state index is 13.9. The van der Waals surface area contributed by atoms with Crippen molar-refractivity contribution in [3.05, 3.63) is 118 Å². The lowest BCUT2D eigenvalue weighted by molar-refractivity contribution is 0.522. The molecule has 0 amide bonds. The number of nitrogens with zero attached hydrogens (tertiary/aromatic N) is 6. The molecule has 0 aliphatic heterocycles. The molecular weight excluding hydrogens is 550 g/mol. The van der Waals surface area contributed by atoms with Crippen molar-refractivity contribution < 1.29 is 8.76 Å². The lowest BCUT2D eigenvalue weighted by Gasteiger charge is -2.14. The van der Waals surface area contributed by atoms with E-state index in [1.54, 1.807) is 53.3 Å². The predicted molar refractivity (Wildman–Crippen MR) is 152 cm³/mol. The van der Waals surface area contributed by atoms with Gasteiger partial charge in [-0.1, -0.05) is 48.0 Å². The van der Waals surface area contributed by atoms with Crippen LogP contribution in [0, 0.1) is 0 Å². The molecule has 40 heavy (non-hydrogen) atoms. The average molecular weight is 569 g/mol. The summed E-state index contributed by atoms with van der Waals surface area (Å²) in [7, 11) is 0. The van der Waals surface area contributed by atoms with Crippen LogP contribution in [-0.2, 0) is 17.8 Å². The second kappa shape index (κ2) is 10.9. The Morgan fingerprint density at radius 2 is 1.70 bits per heavy atom. The SMILES string of the molecule is O=c1c2cnn(-c3cccc(CNS(=O)[O-])c3)c2nc(-c2ccc(-c3cccnn3)cc2)n1-c1ccc(Cl)cc1. The molecule has 0 spiro atoms. The third-order valence-corrected chi connectivity index (χ3v) is 6.88. The standard InChI is InChI=1S/C28H20ClN7O3S/c29-21-10-12-22(13-11-21)35-26(20-8-6-19(7-9-20)25-5-2-14-30-34-25)33-27-24(28(35)37)17-31-36(27)23-4-1-3-18(15-23)16-32-40(38)39/h1-15,17,32H,16H2,(H,38,39)/p-1. The summed E-state index contributed by atoms with van der Waals surface area (Å²) in [5.41, 5.74) is 4.31. The first-order chi connectivity index (χ1) is 19.5. The molecule has 0 fully saturated rings. The average Bonchev–Trinajstić information content (AvgIpc) is 3.42. The lowest BCUT2D eigenvalue weighted by Crippen LogP contribution is -2.22. The van der Waals surface area contributed by atoms with Crippen molar-refractivity contribution in [3.63, 3.8) is 0 Å². The molecule has 1 atom stereocenters. The van der Waals surface area contributed by atoms with Gasteiger partial charge in [0.15, 0.2) is 5.65 Å². The number of rotatable bonds is 7. The molecule has 0 saturated carbocycles. The smallest absolute Gasteiger partial charge is 0.269 e. The van der Waals surface area contributed by atoms with Gasteiger partial charge in [0, 0.05) is 40.2 Å². The number of hydrogen-bond donors (Lipinski definition) is 1. The van der Waals surface area contributed by atoms with Gasteiger partial charge in [0.1, 0.15) is 11.2 Å². The van der Waals surface area contributed by atoms with Gasteiger partial charge in [0.2, 0.25) is 0 Å². The van der Waals surface area contributed by atoms with Gasteiger partial charge in [-0.05, 0) is 54.1 Å². The second-order valence-corrected chi connectivity index (χ2v) is 9.95. The predicted octanol–water partition coefficient (Wildman–Crippen LogP) is 4.23. The first-order valence-corrected chi connectivity index (χ1v) is 13.5. The third kappa shape index (κ3) is 5.06. The van der Waals surface area contributed by atoms with Crippen molar-refractivity contribution in [2.75, 3.05) is 0 Å². The van der Waals surface area contributed by atoms with E-state index >= 15 is 0 Å². The zero-order valence-corrected chi connectivity index (χ0v) is 22.2. The molecule has 0 bridgehead atoms. The van der Waals surface area contributed by atoms with E-state index in [0.29, 0.717) is 38.8 Å². The van der Waals surface area contributed by atoms with Crippen LogP contribution in [0.2, 0.25) is 5.02 Å². The Hall–Kier alpha value is -4.55. The van der Waals surface area contributed by atoms with Crippen molar-refractivity contribution >= 4 is 33.9 Å². The number of aromatic nitrogens is 6. The molecular formula is C28H19ClN7O3S-. The Labute approximate surface area is 235 Å². The minimum absolute atomic E-state index is 0.114. The maximum Gasteiger partial charge on any atom is 0.269 e. The highest BCUT2D eigenvalue weighted by atomic mass is 35.5. The van der Waals surface area contributed by atoms with E-state index in [4.69, 9.17) is 16.6 Å². The molecule has 0 saturated heterocycles. The molecule has 0 aliphatic rings. The van der Waals surface area contributed by atoms with E-state index in [1.165, 1.54) is 10.8 Å². The summed E-state index contributed by atoms with van der Waals surface area (Å²) >= 11 is 3.73. The highest BCUT2D eigenvalue weighted by Crippen LogP contribution is 2.26. The Morgan fingerprint density at radius 1 is 0.925 bits per heavy atom. The van der Waals surface area contributed by atoms with E-state index in [1.807, 2.05) is 42.5 Å². The zero-order valence-electron chi connectivity index (χ0n) is 20.6. The lowest BCUT2D eigenvalue weighted by atomic mass is 10.1. The molecule has 198 valence electrons. The number of hydrogen-bond acceptors (Lipinski definition) is 7. The zero-order chi connectivity index (χ0) is 27.6. The molecule has 6 rings (SSSR count). The molecule has 0 radical (unpaired) electrons. The summed E-state index contributed by atoms with van der Waals surface area (Å²) in [6, 6.07) is 25.4. The van der Waals surface area contributed by atoms with Crippen molar-refractivity contribution in [1.29, 1.82) is 0 Å². The fraction of sp³-hybridized carbons (Fsp3) is 0.0357. The molecule has 1 unspecified atom stereocenters. The van der Waals surface area contributed by atoms with Crippen molar-refractivity contribution in [3.8, 4) is 34.0 Å². The van der Waals surface area contributed by atoms with Crippen LogP contribution in [0.1, 0.15) is 5.56 Å². The second-order valence-electron chi connectivity index (χ2n) is 8.76. The molecule has 3 heterocycles. The van der Waals surface area contributed by atoms with Crippen LogP contribution in [0.3, 0.4) is 0 Å². The topological polar surface area (TPSA) is 131 Å². The van der Waals surface area contributed by atoms with E-state index in [-0.39, 0.29) is 12.1 Å². The molecule has 3 aromatic carbocycles. The minimum Gasteiger partial charge on any atom is -0.760 e. The van der Waals surface area contributed by atoms with E-state index < -0.39 is 11.3 Å². The Kier molecular flexibility index (Phi) is 7.01. The van der Waals surface area contributed by atoms with Crippen LogP contribution in [0.5, 0.6) is 0 Å². The number of nitrogens with one attached hydrogen (secondary N) is 1. The summed E-state index contributed by atoms with van der Waals surface area (Å²) in [6.07, 6.45) is 3.09. The van der Waals surface area contributed by atoms with Crippen molar-refractivity contribution in [1.82, 2.24) is 34.3 Å². The van der Waals surface area contributed by atoms with Crippen molar-refractivity contribution in [2.45, 2.75) is 6.54 Å². The first-order valence-electron chi connectivity index (χ1n) is 12.1. The molecule has 0 aliphatic carbocycles. The fourth-order valence-electron chi connectivity index (χ4n) is 4.37. The van der Waals surface area contributed by atoms with E-state index in [2.05, 4.69) is 20.0 Å². The molecule has 6 aromatic rings. The van der Waals surface area contributed by atoms with Gasteiger partial charge in [0.25, 0.3) is 5.56 Å². The van der Waals surface area contributed by atoms with E-state index in [0.717, 1.165) is 16.8 Å². The molecule has 3 aromatic heterocycles. The van der Waals surface area contributed by atoms with Crippen LogP contribution < -0.4 is 10.3 Å². The van der Waals surface area contributed by atoms with E-state index in [9.17, 15) is 13.6 Å². The van der Waals surface area contributed by atoms with Crippen LogP contribution in [0.4, 0.5) is 0 Å². The van der Waals surface area contributed by atoms with Crippen LogP contribution in [0.15, 0.2) is 102 Å². The molecule has 12 heteroatoms. The van der Waals surface area contributed by atoms with Gasteiger partial charge in [-0.25, -0.2) is 14.4 Å². The van der Waals surface area contributed by atoms with Crippen LogP contribution in [0.25, 0.3) is 45.1 Å². The highest BCUT2D eigenvalue weighted by Gasteiger charge is 2.19. The number of fused-ring (bicyclic) bond motifs is 1. The number of halogens is 1. The summed E-state index contributed by atoms with van der Waals surface area (Å²) in [5.74, 6) is 0.409. The van der Waals surface area contributed by atoms with Crippen molar-refractivity contribution in [2.24, 2.45) is 0 Å². The van der Waals surface area contributed by atoms with Gasteiger partial charge in [0.05, 0.1) is 23.3 Å². The van der Waals surface area contributed by atoms with Gasteiger partial charge in [-0.2, -0.15) is 15.3 Å². The quantitative estimate of drug-likeness (QED) is 0.285. The van der Waals surface area contributed by atoms with Crippen LogP contribution >= 0.6 is 11.6 Å². The highest BCUT2D eigenvalue weighted by molar-refractivity contribution is 7.77. The summed E-state index contributed by atoms with van der Waals surface area (Å²) in [6.45, 7) is 0.114. The monoisotopic (exact) mass is 568 g/mol. The molecule has 1 N–H and O–H groups in total. The fourth-order valence-corrected chi connectivity index (χ4v) is 4.78. The molecule has 10 nitrogen and oxygen atoms in total. The number of benzene rings is 3. The first kappa shape index (κ1) is 25.7. The Bertz CT molecular complexity index is 1910. The Balaban J connectivity index is 1.53. The van der Waals surface area contributed by atoms with Gasteiger partial charge in [-0.15, -0.1) is 0 Å². The normalized spacial score (nSPS) is 12.1. The minimum atomic E-state index is -2.39. The summed E-state index contributed by atoms with van der Waals surface area (Å²) < 4.78 is 27.4. The van der Waals surface area contributed by atoms with Gasteiger partial charge in [-0.3, -0.25) is 13.6 Å². The largest absolute Gasteiger partial charge is 0.760 e. The summed E-state index contributed by atoms with van der Waals surface area (Å²) in [5, 5.41) is 13.4. The summed E-state index contributed by atoms with van der Waals surface area (Å²) in [4.78, 5) is 18.9. The third-order valence-electron chi connectivity index (χ3n) is 6.25. The Morgan fingerprint density at radius 3 is 2.42 bits per heavy atom. The van der Waals surface area contributed by atoms with Gasteiger partial charge >= 0.3 is 0 Å². The van der Waals surface area contributed by atoms with Gasteiger partial charge < -0.3 is 4.55 Å².